The molecule has 98 valence electrons. The number of hydrogen-bond acceptors (Lipinski definition) is 4. The van der Waals surface area contributed by atoms with E-state index in [9.17, 15) is 13.2 Å². The normalized spacial score (nSPS) is 25.8. The molecule has 2 rings (SSSR count). The maximum Gasteiger partial charge on any atom is 0.308 e. The highest BCUT2D eigenvalue weighted by Crippen LogP contribution is 2.35. The van der Waals surface area contributed by atoms with E-state index in [1.54, 1.807) is 24.3 Å². The number of carboxylic acids is 1. The van der Waals surface area contributed by atoms with Gasteiger partial charge in [0, 0.05) is 5.92 Å². The number of ether oxygens (including phenoxy) is 1. The molecular formula is C12H14O5S. The predicted octanol–water partition coefficient (Wildman–Crippen LogP) is 0.908. The summed E-state index contributed by atoms with van der Waals surface area (Å²) in [7, 11) is -1.73. The molecular weight excluding hydrogens is 256 g/mol. The Bertz CT molecular complexity index is 546. The van der Waals surface area contributed by atoms with Gasteiger partial charge in [-0.2, -0.15) is 0 Å². The summed E-state index contributed by atoms with van der Waals surface area (Å²) < 4.78 is 28.1. The second-order valence-electron chi connectivity index (χ2n) is 4.40. The van der Waals surface area contributed by atoms with Gasteiger partial charge in [-0.15, -0.1) is 0 Å². The fourth-order valence-corrected chi connectivity index (χ4v) is 4.30. The molecule has 1 saturated heterocycles. The smallest absolute Gasteiger partial charge is 0.308 e. The van der Waals surface area contributed by atoms with E-state index in [4.69, 9.17) is 9.84 Å². The molecule has 2 atom stereocenters. The lowest BCUT2D eigenvalue weighted by atomic mass is 9.89. The van der Waals surface area contributed by atoms with Crippen LogP contribution in [0.4, 0.5) is 0 Å². The Hall–Kier alpha value is -1.56. The molecule has 5 nitrogen and oxygen atoms in total. The van der Waals surface area contributed by atoms with Gasteiger partial charge in [0.1, 0.15) is 5.75 Å². The first-order valence-corrected chi connectivity index (χ1v) is 7.32. The number of hydrogen-bond donors (Lipinski definition) is 1. The molecule has 0 aromatic heterocycles. The van der Waals surface area contributed by atoms with Crippen molar-refractivity contribution in [3.8, 4) is 5.75 Å². The Balaban J connectivity index is 2.32. The SMILES string of the molecule is COc1ccc([C@@H]2CS(=O)(=O)C[C@H]2C(=O)O)cc1. The van der Waals surface area contributed by atoms with Crippen molar-refractivity contribution in [2.45, 2.75) is 5.92 Å². The topological polar surface area (TPSA) is 80.7 Å². The van der Waals surface area contributed by atoms with E-state index in [1.165, 1.54) is 7.11 Å². The summed E-state index contributed by atoms with van der Waals surface area (Å²) in [5.74, 6) is -2.11. The fraction of sp³-hybridized carbons (Fsp3) is 0.417. The molecule has 18 heavy (non-hydrogen) atoms. The molecule has 1 aromatic rings. The highest BCUT2D eigenvalue weighted by molar-refractivity contribution is 7.91. The molecule has 1 N–H and O–H groups in total. The lowest BCUT2D eigenvalue weighted by molar-refractivity contribution is -0.141. The van der Waals surface area contributed by atoms with Gasteiger partial charge in [0.15, 0.2) is 9.84 Å². The number of methoxy groups -OCH3 is 1. The molecule has 1 aromatic carbocycles. The van der Waals surface area contributed by atoms with Gasteiger partial charge in [0.2, 0.25) is 0 Å². The maximum absolute atomic E-state index is 11.6. The molecule has 0 radical (unpaired) electrons. The summed E-state index contributed by atoms with van der Waals surface area (Å²) in [5, 5.41) is 9.09. The number of sulfone groups is 1. The lowest BCUT2D eigenvalue weighted by Crippen LogP contribution is -2.20. The summed E-state index contributed by atoms with van der Waals surface area (Å²) in [5.41, 5.74) is 0.726. The second-order valence-corrected chi connectivity index (χ2v) is 6.56. The van der Waals surface area contributed by atoms with Gasteiger partial charge in [0.25, 0.3) is 0 Å². The summed E-state index contributed by atoms with van der Waals surface area (Å²) in [6.45, 7) is 0. The third-order valence-electron chi connectivity index (χ3n) is 3.21. The van der Waals surface area contributed by atoms with Crippen LogP contribution in [-0.2, 0) is 14.6 Å². The Kier molecular flexibility index (Phi) is 3.30. The van der Waals surface area contributed by atoms with Crippen molar-refractivity contribution in [3.05, 3.63) is 29.8 Å². The van der Waals surface area contributed by atoms with Crippen molar-refractivity contribution in [3.63, 3.8) is 0 Å². The van der Waals surface area contributed by atoms with Crippen LogP contribution in [0, 0.1) is 5.92 Å². The van der Waals surface area contributed by atoms with Crippen molar-refractivity contribution in [1.29, 1.82) is 0 Å². The predicted molar refractivity (Wildman–Crippen MR) is 65.5 cm³/mol. The third kappa shape index (κ3) is 2.48. The van der Waals surface area contributed by atoms with Crippen LogP contribution in [0.25, 0.3) is 0 Å². The minimum Gasteiger partial charge on any atom is -0.497 e. The number of aliphatic carboxylic acids is 1. The van der Waals surface area contributed by atoms with E-state index >= 15 is 0 Å². The average Bonchev–Trinajstić information content (AvgIpc) is 2.66. The van der Waals surface area contributed by atoms with Crippen LogP contribution in [0.2, 0.25) is 0 Å². The molecule has 6 heteroatoms. The van der Waals surface area contributed by atoms with E-state index in [1.807, 2.05) is 0 Å². The molecule has 0 bridgehead atoms. The molecule has 1 aliphatic heterocycles. The third-order valence-corrected chi connectivity index (χ3v) is 4.95. The largest absolute Gasteiger partial charge is 0.497 e. The molecule has 0 saturated carbocycles. The zero-order valence-electron chi connectivity index (χ0n) is 9.87. The monoisotopic (exact) mass is 270 g/mol. The number of benzene rings is 1. The first kappa shape index (κ1) is 12.9. The van der Waals surface area contributed by atoms with Gasteiger partial charge in [-0.1, -0.05) is 12.1 Å². The van der Waals surface area contributed by atoms with Crippen LogP contribution in [0.15, 0.2) is 24.3 Å². The fourth-order valence-electron chi connectivity index (χ4n) is 2.27. The van der Waals surface area contributed by atoms with Crippen LogP contribution in [0.1, 0.15) is 11.5 Å². The summed E-state index contributed by atoms with van der Waals surface area (Å²) in [6, 6.07) is 6.86. The van der Waals surface area contributed by atoms with Crippen LogP contribution in [0.3, 0.4) is 0 Å². The first-order chi connectivity index (χ1) is 8.43. The van der Waals surface area contributed by atoms with E-state index in [-0.39, 0.29) is 11.5 Å². The molecule has 0 spiro atoms. The van der Waals surface area contributed by atoms with Gasteiger partial charge >= 0.3 is 5.97 Å². The summed E-state index contributed by atoms with van der Waals surface area (Å²) >= 11 is 0. The van der Waals surface area contributed by atoms with Gasteiger partial charge in [-0.3, -0.25) is 4.79 Å². The lowest BCUT2D eigenvalue weighted by Gasteiger charge is -2.14. The van der Waals surface area contributed by atoms with Crippen LogP contribution in [0.5, 0.6) is 5.75 Å². The molecule has 1 aliphatic rings. The number of carboxylic acid groups (broad SMARTS) is 1. The standard InChI is InChI=1S/C12H14O5S/c1-17-9-4-2-8(3-5-9)10-6-18(15,16)7-11(10)12(13)14/h2-5,10-11H,6-7H2,1H3,(H,13,14)/t10-,11+/m0/s1. The van der Waals surface area contributed by atoms with Gasteiger partial charge < -0.3 is 9.84 Å². The zero-order valence-corrected chi connectivity index (χ0v) is 10.7. The Morgan fingerprint density at radius 3 is 2.39 bits per heavy atom. The van der Waals surface area contributed by atoms with Crippen molar-refractivity contribution in [2.24, 2.45) is 5.92 Å². The van der Waals surface area contributed by atoms with E-state index in [2.05, 4.69) is 0 Å². The second kappa shape index (κ2) is 4.61. The minimum absolute atomic E-state index is 0.101. The van der Waals surface area contributed by atoms with Crippen molar-refractivity contribution in [2.75, 3.05) is 18.6 Å². The Morgan fingerprint density at radius 2 is 1.89 bits per heavy atom. The zero-order chi connectivity index (χ0) is 13.3. The van der Waals surface area contributed by atoms with E-state index in [0.717, 1.165) is 5.56 Å². The van der Waals surface area contributed by atoms with E-state index in [0.29, 0.717) is 5.75 Å². The first-order valence-electron chi connectivity index (χ1n) is 5.50. The number of rotatable bonds is 3. The summed E-state index contributed by atoms with van der Waals surface area (Å²) in [6.07, 6.45) is 0. The highest BCUT2D eigenvalue weighted by Gasteiger charge is 2.42. The molecule has 0 amide bonds. The average molecular weight is 270 g/mol. The van der Waals surface area contributed by atoms with Crippen LogP contribution >= 0.6 is 0 Å². The maximum atomic E-state index is 11.6. The van der Waals surface area contributed by atoms with Gasteiger partial charge in [-0.05, 0) is 17.7 Å². The van der Waals surface area contributed by atoms with Crippen molar-refractivity contribution < 1.29 is 23.1 Å². The van der Waals surface area contributed by atoms with Gasteiger partial charge in [0.05, 0.1) is 24.5 Å². The van der Waals surface area contributed by atoms with Crippen molar-refractivity contribution in [1.82, 2.24) is 0 Å². The molecule has 1 heterocycles. The number of carbonyl (C=O) groups is 1. The Labute approximate surface area is 105 Å². The molecule has 0 unspecified atom stereocenters. The van der Waals surface area contributed by atoms with Crippen molar-refractivity contribution >= 4 is 15.8 Å². The highest BCUT2D eigenvalue weighted by atomic mass is 32.2. The minimum atomic E-state index is -3.27. The quantitative estimate of drug-likeness (QED) is 0.883. The molecule has 0 aliphatic carbocycles. The van der Waals surface area contributed by atoms with Crippen LogP contribution < -0.4 is 4.74 Å². The van der Waals surface area contributed by atoms with Gasteiger partial charge in [-0.25, -0.2) is 8.42 Å². The van der Waals surface area contributed by atoms with E-state index < -0.39 is 27.6 Å². The van der Waals surface area contributed by atoms with Crippen LogP contribution in [-0.4, -0.2) is 38.1 Å². The Morgan fingerprint density at radius 1 is 1.28 bits per heavy atom. The summed E-state index contributed by atoms with van der Waals surface area (Å²) in [4.78, 5) is 11.1. The molecule has 1 fully saturated rings.